The standard InChI is InChI=1S/C23H26N2O4S/c1-25(2)22(27)15-30-20-13-6-5-11-18(20)23(28)29-14-21(26)24-19-12-7-9-16-8-3-4-10-17(16)19/h3-6,8,10-11,13,19H,7,9,12,14-15H2,1-2H3,(H,24,26). The molecule has 7 heteroatoms. The Labute approximate surface area is 181 Å². The van der Waals surface area contributed by atoms with Gasteiger partial charge in [-0.2, -0.15) is 0 Å². The summed E-state index contributed by atoms with van der Waals surface area (Å²) in [5.74, 6) is -0.721. The van der Waals surface area contributed by atoms with Crippen LogP contribution in [0.5, 0.6) is 0 Å². The number of amides is 2. The lowest BCUT2D eigenvalue weighted by Gasteiger charge is -2.26. The molecule has 0 bridgehead atoms. The smallest absolute Gasteiger partial charge is 0.339 e. The van der Waals surface area contributed by atoms with E-state index in [9.17, 15) is 14.4 Å². The van der Waals surface area contributed by atoms with Gasteiger partial charge in [0, 0.05) is 19.0 Å². The molecule has 1 aliphatic carbocycles. The average Bonchev–Trinajstić information content (AvgIpc) is 2.76. The number of aryl methyl sites for hydroxylation is 1. The van der Waals surface area contributed by atoms with Crippen molar-refractivity contribution in [2.75, 3.05) is 26.5 Å². The maximum atomic E-state index is 12.5. The molecule has 2 aromatic carbocycles. The molecule has 0 fully saturated rings. The predicted molar refractivity (Wildman–Crippen MR) is 116 cm³/mol. The van der Waals surface area contributed by atoms with Crippen LogP contribution in [0.15, 0.2) is 53.4 Å². The van der Waals surface area contributed by atoms with E-state index in [-0.39, 0.29) is 30.2 Å². The Morgan fingerprint density at radius 3 is 2.63 bits per heavy atom. The van der Waals surface area contributed by atoms with Gasteiger partial charge in [0.25, 0.3) is 5.91 Å². The Hall–Kier alpha value is -2.80. The van der Waals surface area contributed by atoms with Crippen LogP contribution in [0.2, 0.25) is 0 Å². The molecule has 3 rings (SSSR count). The number of thioether (sulfide) groups is 1. The molecule has 2 aromatic rings. The van der Waals surface area contributed by atoms with Crippen LogP contribution in [-0.2, 0) is 20.7 Å². The van der Waals surface area contributed by atoms with E-state index in [4.69, 9.17) is 4.74 Å². The Morgan fingerprint density at radius 2 is 1.83 bits per heavy atom. The van der Waals surface area contributed by atoms with Crippen molar-refractivity contribution >= 4 is 29.5 Å². The zero-order valence-corrected chi connectivity index (χ0v) is 18.0. The summed E-state index contributed by atoms with van der Waals surface area (Å²) in [6, 6.07) is 15.0. The van der Waals surface area contributed by atoms with Crippen molar-refractivity contribution < 1.29 is 19.1 Å². The molecule has 1 unspecified atom stereocenters. The second kappa shape index (κ2) is 10.3. The molecule has 0 spiro atoms. The lowest BCUT2D eigenvalue weighted by atomic mass is 9.88. The first-order valence-corrected chi connectivity index (χ1v) is 10.9. The summed E-state index contributed by atoms with van der Waals surface area (Å²) in [5.41, 5.74) is 2.74. The second-order valence-electron chi connectivity index (χ2n) is 7.36. The highest BCUT2D eigenvalue weighted by atomic mass is 32.2. The molecular weight excluding hydrogens is 400 g/mol. The van der Waals surface area contributed by atoms with Crippen molar-refractivity contribution in [1.82, 2.24) is 10.2 Å². The van der Waals surface area contributed by atoms with Crippen LogP contribution in [0.3, 0.4) is 0 Å². The van der Waals surface area contributed by atoms with Gasteiger partial charge in [0.1, 0.15) is 0 Å². The molecule has 0 heterocycles. The highest BCUT2D eigenvalue weighted by Gasteiger charge is 2.22. The number of fused-ring (bicyclic) bond motifs is 1. The number of hydrogen-bond acceptors (Lipinski definition) is 5. The molecular formula is C23H26N2O4S. The van der Waals surface area contributed by atoms with Gasteiger partial charge in [0.05, 0.1) is 17.4 Å². The number of hydrogen-bond donors (Lipinski definition) is 1. The summed E-state index contributed by atoms with van der Waals surface area (Å²) in [6.07, 6.45) is 2.90. The van der Waals surface area contributed by atoms with Gasteiger partial charge in [-0.15, -0.1) is 11.8 Å². The Morgan fingerprint density at radius 1 is 1.10 bits per heavy atom. The van der Waals surface area contributed by atoms with Crippen LogP contribution in [0.1, 0.15) is 40.4 Å². The molecule has 0 saturated heterocycles. The Kier molecular flexibility index (Phi) is 7.52. The Balaban J connectivity index is 1.56. The summed E-state index contributed by atoms with van der Waals surface area (Å²) in [7, 11) is 3.37. The van der Waals surface area contributed by atoms with Crippen LogP contribution in [-0.4, -0.2) is 49.1 Å². The van der Waals surface area contributed by atoms with Gasteiger partial charge in [-0.1, -0.05) is 36.4 Å². The number of benzene rings is 2. The van der Waals surface area contributed by atoms with Gasteiger partial charge in [0.15, 0.2) is 6.61 Å². The maximum Gasteiger partial charge on any atom is 0.339 e. The molecule has 1 aliphatic rings. The highest BCUT2D eigenvalue weighted by Crippen LogP contribution is 2.29. The number of ether oxygens (including phenoxy) is 1. The van der Waals surface area contributed by atoms with Crippen molar-refractivity contribution in [3.05, 3.63) is 65.2 Å². The summed E-state index contributed by atoms with van der Waals surface area (Å²) < 4.78 is 5.25. The fraction of sp³-hybridized carbons (Fsp3) is 0.348. The van der Waals surface area contributed by atoms with E-state index in [1.165, 1.54) is 22.2 Å². The van der Waals surface area contributed by atoms with E-state index >= 15 is 0 Å². The van der Waals surface area contributed by atoms with Gasteiger partial charge in [-0.05, 0) is 42.5 Å². The Bertz CT molecular complexity index is 929. The molecule has 0 aliphatic heterocycles. The molecule has 0 aromatic heterocycles. The van der Waals surface area contributed by atoms with E-state index in [1.807, 2.05) is 18.2 Å². The minimum Gasteiger partial charge on any atom is -0.452 e. The summed E-state index contributed by atoms with van der Waals surface area (Å²) >= 11 is 1.27. The maximum absolute atomic E-state index is 12.5. The van der Waals surface area contributed by atoms with Crippen molar-refractivity contribution in [3.8, 4) is 0 Å². The molecule has 1 atom stereocenters. The molecule has 1 N–H and O–H groups in total. The van der Waals surface area contributed by atoms with Crippen LogP contribution in [0.4, 0.5) is 0 Å². The number of esters is 1. The van der Waals surface area contributed by atoms with E-state index in [0.717, 1.165) is 24.8 Å². The zero-order valence-electron chi connectivity index (χ0n) is 17.2. The van der Waals surface area contributed by atoms with Crippen LogP contribution in [0.25, 0.3) is 0 Å². The third-order valence-corrected chi connectivity index (χ3v) is 6.05. The summed E-state index contributed by atoms with van der Waals surface area (Å²) in [4.78, 5) is 38.9. The van der Waals surface area contributed by atoms with Crippen molar-refractivity contribution in [2.24, 2.45) is 0 Å². The van der Waals surface area contributed by atoms with Gasteiger partial charge < -0.3 is 15.0 Å². The summed E-state index contributed by atoms with van der Waals surface area (Å²) in [5, 5.41) is 2.98. The van der Waals surface area contributed by atoms with Gasteiger partial charge in [-0.3, -0.25) is 9.59 Å². The lowest BCUT2D eigenvalue weighted by molar-refractivity contribution is -0.126. The van der Waals surface area contributed by atoms with Gasteiger partial charge >= 0.3 is 5.97 Å². The minimum atomic E-state index is -0.574. The normalized spacial score (nSPS) is 15.1. The third-order valence-electron chi connectivity index (χ3n) is 5.00. The third kappa shape index (κ3) is 5.63. The number of carbonyl (C=O) groups excluding carboxylic acids is 3. The van der Waals surface area contributed by atoms with Crippen LogP contribution in [0, 0.1) is 0 Å². The monoisotopic (exact) mass is 426 g/mol. The molecule has 0 saturated carbocycles. The average molecular weight is 427 g/mol. The quantitative estimate of drug-likeness (QED) is 0.544. The van der Waals surface area contributed by atoms with Crippen molar-refractivity contribution in [1.29, 1.82) is 0 Å². The molecule has 2 amide bonds. The first kappa shape index (κ1) is 21.9. The van der Waals surface area contributed by atoms with E-state index in [2.05, 4.69) is 11.4 Å². The van der Waals surface area contributed by atoms with Crippen LogP contribution >= 0.6 is 11.8 Å². The number of nitrogens with one attached hydrogen (secondary N) is 1. The molecule has 30 heavy (non-hydrogen) atoms. The highest BCUT2D eigenvalue weighted by molar-refractivity contribution is 8.00. The molecule has 158 valence electrons. The SMILES string of the molecule is CN(C)C(=O)CSc1ccccc1C(=O)OCC(=O)NC1CCCc2ccccc21. The van der Waals surface area contributed by atoms with E-state index in [1.54, 1.807) is 38.4 Å². The molecule has 6 nitrogen and oxygen atoms in total. The first-order valence-electron chi connectivity index (χ1n) is 9.92. The first-order chi connectivity index (χ1) is 14.5. The van der Waals surface area contributed by atoms with E-state index < -0.39 is 5.97 Å². The zero-order chi connectivity index (χ0) is 21.5. The fourth-order valence-electron chi connectivity index (χ4n) is 3.38. The predicted octanol–water partition coefficient (Wildman–Crippen LogP) is 3.22. The van der Waals surface area contributed by atoms with Crippen molar-refractivity contribution in [2.45, 2.75) is 30.2 Å². The molecule has 0 radical (unpaired) electrons. The lowest BCUT2D eigenvalue weighted by Crippen LogP contribution is -2.34. The minimum absolute atomic E-state index is 0.0460. The van der Waals surface area contributed by atoms with Gasteiger partial charge in [0.2, 0.25) is 5.91 Å². The largest absolute Gasteiger partial charge is 0.452 e. The van der Waals surface area contributed by atoms with Gasteiger partial charge in [-0.25, -0.2) is 4.79 Å². The summed E-state index contributed by atoms with van der Waals surface area (Å²) in [6.45, 7) is -0.340. The number of rotatable bonds is 7. The number of carbonyl (C=O) groups is 3. The van der Waals surface area contributed by atoms with E-state index in [0.29, 0.717) is 10.5 Å². The second-order valence-corrected chi connectivity index (χ2v) is 8.38. The number of nitrogens with zero attached hydrogens (tertiary/aromatic N) is 1. The fourth-order valence-corrected chi connectivity index (χ4v) is 4.40. The topological polar surface area (TPSA) is 75.7 Å². The van der Waals surface area contributed by atoms with Crippen molar-refractivity contribution in [3.63, 3.8) is 0 Å². The van der Waals surface area contributed by atoms with Crippen LogP contribution < -0.4 is 5.32 Å².